The van der Waals surface area contributed by atoms with Crippen molar-refractivity contribution in [2.45, 2.75) is 58.5 Å². The fraction of sp³-hybridized carbons (Fsp3) is 0.611. The molecule has 21 heavy (non-hydrogen) atoms. The van der Waals surface area contributed by atoms with Crippen molar-refractivity contribution in [3.8, 4) is 0 Å². The maximum absolute atomic E-state index is 4.80. The lowest BCUT2D eigenvalue weighted by Gasteiger charge is -2.11. The maximum Gasteiger partial charge on any atom is 0.123 e. The van der Waals surface area contributed by atoms with Gasteiger partial charge in [0.25, 0.3) is 0 Å². The number of imidazole rings is 1. The first kappa shape index (κ1) is 14.6. The highest BCUT2D eigenvalue weighted by Crippen LogP contribution is 2.27. The lowest BCUT2D eigenvalue weighted by Crippen LogP contribution is -2.20. The average molecular weight is 285 g/mol. The van der Waals surface area contributed by atoms with Crippen LogP contribution < -0.4 is 5.32 Å². The highest BCUT2D eigenvalue weighted by molar-refractivity contribution is 5.75. The maximum atomic E-state index is 4.80. The van der Waals surface area contributed by atoms with Gasteiger partial charge in [0.05, 0.1) is 17.6 Å². The van der Waals surface area contributed by atoms with E-state index < -0.39 is 0 Å². The van der Waals surface area contributed by atoms with E-state index in [0.717, 1.165) is 37.5 Å². The van der Waals surface area contributed by atoms with E-state index in [1.165, 1.54) is 43.4 Å². The summed E-state index contributed by atoms with van der Waals surface area (Å²) in [5.41, 5.74) is 2.39. The number of nitrogens with zero attached hydrogens (tertiary/aromatic N) is 2. The molecule has 1 N–H and O–H groups in total. The molecule has 1 aliphatic carbocycles. The van der Waals surface area contributed by atoms with Gasteiger partial charge >= 0.3 is 0 Å². The van der Waals surface area contributed by atoms with Gasteiger partial charge in [-0.2, -0.15) is 0 Å². The van der Waals surface area contributed by atoms with E-state index >= 15 is 0 Å². The molecule has 1 aromatic carbocycles. The monoisotopic (exact) mass is 285 g/mol. The molecule has 114 valence electrons. The molecule has 0 saturated heterocycles. The van der Waals surface area contributed by atoms with Gasteiger partial charge in [0, 0.05) is 6.54 Å². The fourth-order valence-electron chi connectivity index (χ4n) is 3.54. The summed E-state index contributed by atoms with van der Waals surface area (Å²) < 4.78 is 2.37. The Kier molecular flexibility index (Phi) is 4.91. The summed E-state index contributed by atoms with van der Waals surface area (Å²) in [6, 6.07) is 8.47. The first-order valence-corrected chi connectivity index (χ1v) is 8.53. The van der Waals surface area contributed by atoms with Crippen LogP contribution in [-0.4, -0.2) is 16.1 Å². The summed E-state index contributed by atoms with van der Waals surface area (Å²) in [7, 11) is 0. The van der Waals surface area contributed by atoms with Crippen LogP contribution >= 0.6 is 0 Å². The van der Waals surface area contributed by atoms with Crippen LogP contribution in [-0.2, 0) is 13.1 Å². The van der Waals surface area contributed by atoms with E-state index in [9.17, 15) is 0 Å². The second kappa shape index (κ2) is 7.08. The zero-order chi connectivity index (χ0) is 14.5. The van der Waals surface area contributed by atoms with Crippen LogP contribution in [0.2, 0.25) is 0 Å². The smallest absolute Gasteiger partial charge is 0.123 e. The van der Waals surface area contributed by atoms with Crippen molar-refractivity contribution < 1.29 is 0 Å². The minimum absolute atomic E-state index is 0.890. The predicted molar refractivity (Wildman–Crippen MR) is 88.3 cm³/mol. The van der Waals surface area contributed by atoms with Crippen LogP contribution in [0.25, 0.3) is 11.0 Å². The molecule has 0 spiro atoms. The minimum Gasteiger partial charge on any atom is -0.327 e. The van der Waals surface area contributed by atoms with Crippen LogP contribution in [0.15, 0.2) is 24.3 Å². The Morgan fingerprint density at radius 2 is 2.05 bits per heavy atom. The number of aryl methyl sites for hydroxylation is 1. The van der Waals surface area contributed by atoms with Gasteiger partial charge in [-0.05, 0) is 37.4 Å². The first-order valence-electron chi connectivity index (χ1n) is 8.53. The minimum atomic E-state index is 0.890. The second-order valence-electron chi connectivity index (χ2n) is 6.28. The largest absolute Gasteiger partial charge is 0.327 e. The lowest BCUT2D eigenvalue weighted by molar-refractivity contribution is 0.471. The number of rotatable bonds is 7. The third-order valence-corrected chi connectivity index (χ3v) is 4.67. The van der Waals surface area contributed by atoms with Crippen molar-refractivity contribution in [3.05, 3.63) is 30.1 Å². The Bertz CT molecular complexity index is 567. The van der Waals surface area contributed by atoms with Gasteiger partial charge in [0.15, 0.2) is 0 Å². The van der Waals surface area contributed by atoms with E-state index in [1.54, 1.807) is 0 Å². The molecule has 0 radical (unpaired) electrons. The summed E-state index contributed by atoms with van der Waals surface area (Å²) in [6.45, 7) is 5.30. The number of hydrogen-bond donors (Lipinski definition) is 1. The van der Waals surface area contributed by atoms with Gasteiger partial charge < -0.3 is 9.88 Å². The molecule has 2 aromatic rings. The number of fused-ring (bicyclic) bond motifs is 1. The normalized spacial score (nSPS) is 16.0. The van der Waals surface area contributed by atoms with Crippen molar-refractivity contribution in [2.75, 3.05) is 6.54 Å². The molecule has 3 heteroatoms. The molecule has 3 nitrogen and oxygen atoms in total. The Labute approximate surface area is 127 Å². The van der Waals surface area contributed by atoms with E-state index in [-0.39, 0.29) is 0 Å². The number of hydrogen-bond acceptors (Lipinski definition) is 2. The number of nitrogens with one attached hydrogen (secondary N) is 1. The third kappa shape index (κ3) is 3.46. The topological polar surface area (TPSA) is 29.9 Å². The fourth-order valence-corrected chi connectivity index (χ4v) is 3.54. The Hall–Kier alpha value is -1.35. The second-order valence-corrected chi connectivity index (χ2v) is 6.28. The van der Waals surface area contributed by atoms with Gasteiger partial charge in [0.1, 0.15) is 5.82 Å². The summed E-state index contributed by atoms with van der Waals surface area (Å²) in [4.78, 5) is 4.80. The molecule has 3 rings (SSSR count). The molecule has 1 fully saturated rings. The first-order chi connectivity index (χ1) is 10.4. The SMILES string of the molecule is CCCn1c(CNCCC2CCCC2)nc2ccccc21. The predicted octanol–water partition coefficient (Wildman–Crippen LogP) is 4.12. The molecule has 1 heterocycles. The van der Waals surface area contributed by atoms with E-state index in [1.807, 2.05) is 0 Å². The van der Waals surface area contributed by atoms with Gasteiger partial charge in [-0.3, -0.25) is 0 Å². The van der Waals surface area contributed by atoms with Crippen LogP contribution in [0.1, 0.15) is 51.3 Å². The summed E-state index contributed by atoms with van der Waals surface area (Å²) in [6.07, 6.45) is 8.24. The average Bonchev–Trinajstić information content (AvgIpc) is 3.13. The zero-order valence-corrected chi connectivity index (χ0v) is 13.1. The van der Waals surface area contributed by atoms with Gasteiger partial charge in [-0.25, -0.2) is 4.98 Å². The Morgan fingerprint density at radius 1 is 1.24 bits per heavy atom. The molecule has 1 aromatic heterocycles. The standard InChI is InChI=1S/C18H27N3/c1-2-13-21-17-10-6-5-9-16(17)20-18(21)14-19-12-11-15-7-3-4-8-15/h5-6,9-10,15,19H,2-4,7-8,11-14H2,1H3. The van der Waals surface area contributed by atoms with Crippen LogP contribution in [0, 0.1) is 5.92 Å². The van der Waals surface area contributed by atoms with Crippen molar-refractivity contribution in [3.63, 3.8) is 0 Å². The van der Waals surface area contributed by atoms with Crippen LogP contribution in [0.5, 0.6) is 0 Å². The van der Waals surface area contributed by atoms with Crippen LogP contribution in [0.3, 0.4) is 0 Å². The Morgan fingerprint density at radius 3 is 2.86 bits per heavy atom. The molecule has 0 aliphatic heterocycles. The summed E-state index contributed by atoms with van der Waals surface area (Å²) >= 11 is 0. The van der Waals surface area contributed by atoms with Crippen molar-refractivity contribution in [1.82, 2.24) is 14.9 Å². The van der Waals surface area contributed by atoms with Crippen molar-refractivity contribution in [2.24, 2.45) is 5.92 Å². The lowest BCUT2D eigenvalue weighted by atomic mass is 10.0. The van der Waals surface area contributed by atoms with Gasteiger partial charge in [-0.15, -0.1) is 0 Å². The molecular formula is C18H27N3. The number of aromatic nitrogens is 2. The van der Waals surface area contributed by atoms with E-state index in [4.69, 9.17) is 4.98 Å². The highest BCUT2D eigenvalue weighted by Gasteiger charge is 2.14. The molecule has 0 bridgehead atoms. The number of benzene rings is 1. The summed E-state index contributed by atoms with van der Waals surface area (Å²) in [5.74, 6) is 2.15. The van der Waals surface area contributed by atoms with Gasteiger partial charge in [0.2, 0.25) is 0 Å². The Balaban J connectivity index is 1.61. The molecule has 0 amide bonds. The third-order valence-electron chi connectivity index (χ3n) is 4.67. The van der Waals surface area contributed by atoms with E-state index in [2.05, 4.69) is 41.1 Å². The molecule has 0 unspecified atom stereocenters. The van der Waals surface area contributed by atoms with E-state index in [0.29, 0.717) is 0 Å². The molecule has 1 aliphatic rings. The van der Waals surface area contributed by atoms with Crippen molar-refractivity contribution >= 4 is 11.0 Å². The zero-order valence-electron chi connectivity index (χ0n) is 13.1. The molecule has 1 saturated carbocycles. The highest BCUT2D eigenvalue weighted by atomic mass is 15.1. The quantitative estimate of drug-likeness (QED) is 0.776. The molecular weight excluding hydrogens is 258 g/mol. The van der Waals surface area contributed by atoms with Crippen molar-refractivity contribution in [1.29, 1.82) is 0 Å². The molecule has 0 atom stereocenters. The van der Waals surface area contributed by atoms with Crippen LogP contribution in [0.4, 0.5) is 0 Å². The van der Waals surface area contributed by atoms with Gasteiger partial charge in [-0.1, -0.05) is 44.7 Å². The summed E-state index contributed by atoms with van der Waals surface area (Å²) in [5, 5.41) is 3.61. The number of para-hydroxylation sites is 2.